The summed E-state index contributed by atoms with van der Waals surface area (Å²) in [6.45, 7) is 0.336. The standard InChI is InChI=1S/C20H21ClF2N2O3S/c21-12-1-3-14(4-2-12)29(26,27)20-9-7-13(8-10-24)25-17(20)11-28-19-16(23)6-5-15(22)18(19)20/h1-6,13,17,25H,7-11,24H2/t13-,17+,20?/m0/s1. The second-order valence-corrected chi connectivity index (χ2v) is 10.1. The van der Waals surface area contributed by atoms with Crippen LogP contribution in [0.4, 0.5) is 8.78 Å². The highest BCUT2D eigenvalue weighted by molar-refractivity contribution is 7.92. The molecule has 29 heavy (non-hydrogen) atoms. The Hall–Kier alpha value is -1.74. The third-order valence-electron chi connectivity index (χ3n) is 5.86. The van der Waals surface area contributed by atoms with E-state index in [1.54, 1.807) is 0 Å². The molecule has 0 radical (unpaired) electrons. The molecule has 0 aromatic heterocycles. The van der Waals surface area contributed by atoms with E-state index in [-0.39, 0.29) is 35.3 Å². The second-order valence-electron chi connectivity index (χ2n) is 7.42. The van der Waals surface area contributed by atoms with Gasteiger partial charge in [0.25, 0.3) is 0 Å². The molecule has 2 aliphatic rings. The molecule has 2 aromatic carbocycles. The average Bonchev–Trinajstić information content (AvgIpc) is 2.70. The lowest BCUT2D eigenvalue weighted by Crippen LogP contribution is -2.64. The van der Waals surface area contributed by atoms with Gasteiger partial charge in [0.15, 0.2) is 21.4 Å². The van der Waals surface area contributed by atoms with Gasteiger partial charge >= 0.3 is 0 Å². The van der Waals surface area contributed by atoms with Crippen molar-refractivity contribution in [2.45, 2.75) is 41.0 Å². The van der Waals surface area contributed by atoms with Gasteiger partial charge < -0.3 is 15.8 Å². The van der Waals surface area contributed by atoms with Crippen LogP contribution >= 0.6 is 11.6 Å². The molecule has 0 amide bonds. The largest absolute Gasteiger partial charge is 0.488 e. The van der Waals surface area contributed by atoms with Crippen molar-refractivity contribution in [1.29, 1.82) is 0 Å². The van der Waals surface area contributed by atoms with Crippen molar-refractivity contribution in [2.75, 3.05) is 13.2 Å². The van der Waals surface area contributed by atoms with Crippen molar-refractivity contribution < 1.29 is 21.9 Å². The summed E-state index contributed by atoms with van der Waals surface area (Å²) in [5, 5.41) is 3.65. The van der Waals surface area contributed by atoms with E-state index in [1.165, 1.54) is 24.3 Å². The van der Waals surface area contributed by atoms with Crippen molar-refractivity contribution in [3.05, 3.63) is 58.6 Å². The van der Waals surface area contributed by atoms with Gasteiger partial charge in [-0.25, -0.2) is 17.2 Å². The van der Waals surface area contributed by atoms with Crippen LogP contribution in [0.2, 0.25) is 5.02 Å². The summed E-state index contributed by atoms with van der Waals surface area (Å²) in [7, 11) is -4.13. The SMILES string of the molecule is NCC[C@@H]1CCC2(S(=O)(=O)c3ccc(Cl)cc3)c3c(F)ccc(F)c3OC[C@H]2N1. The molecule has 1 saturated heterocycles. The van der Waals surface area contributed by atoms with Gasteiger partial charge in [-0.15, -0.1) is 0 Å². The second kappa shape index (κ2) is 7.50. The Morgan fingerprint density at radius 1 is 1.17 bits per heavy atom. The number of rotatable bonds is 4. The van der Waals surface area contributed by atoms with Crippen LogP contribution in [0, 0.1) is 11.6 Å². The van der Waals surface area contributed by atoms with Crippen LogP contribution in [0.25, 0.3) is 0 Å². The average molecular weight is 443 g/mol. The van der Waals surface area contributed by atoms with Crippen molar-refractivity contribution in [3.8, 4) is 5.75 Å². The molecule has 2 heterocycles. The Labute approximate surface area is 173 Å². The summed E-state index contributed by atoms with van der Waals surface area (Å²) < 4.78 is 61.1. The minimum atomic E-state index is -4.13. The topological polar surface area (TPSA) is 81.4 Å². The number of benzene rings is 2. The summed E-state index contributed by atoms with van der Waals surface area (Å²) in [6.07, 6.45) is 1.22. The lowest BCUT2D eigenvalue weighted by Gasteiger charge is -2.49. The fourth-order valence-corrected chi connectivity index (χ4v) is 6.89. The van der Waals surface area contributed by atoms with E-state index in [4.69, 9.17) is 22.1 Å². The first-order valence-electron chi connectivity index (χ1n) is 9.39. The number of piperidine rings is 1. The smallest absolute Gasteiger partial charge is 0.190 e. The number of fused-ring (bicyclic) bond motifs is 3. The van der Waals surface area contributed by atoms with Gasteiger partial charge in [0.1, 0.15) is 17.2 Å². The summed E-state index contributed by atoms with van der Waals surface area (Å²) >= 11 is 5.92. The Kier molecular flexibility index (Phi) is 5.31. The van der Waals surface area contributed by atoms with E-state index >= 15 is 4.39 Å². The summed E-state index contributed by atoms with van der Waals surface area (Å²) in [5.74, 6) is -1.92. The fourth-order valence-electron chi connectivity index (χ4n) is 4.49. The van der Waals surface area contributed by atoms with Crippen LogP contribution in [0.15, 0.2) is 41.3 Å². The van der Waals surface area contributed by atoms with Gasteiger partial charge in [-0.1, -0.05) is 11.6 Å². The van der Waals surface area contributed by atoms with Crippen molar-refractivity contribution in [3.63, 3.8) is 0 Å². The Balaban J connectivity index is 1.95. The van der Waals surface area contributed by atoms with Crippen LogP contribution in [0.1, 0.15) is 24.8 Å². The predicted octanol–water partition coefficient (Wildman–Crippen LogP) is 3.15. The van der Waals surface area contributed by atoms with Crippen LogP contribution in [0.3, 0.4) is 0 Å². The summed E-state index contributed by atoms with van der Waals surface area (Å²) in [4.78, 5) is 0.00230. The monoisotopic (exact) mass is 442 g/mol. The molecule has 2 aliphatic heterocycles. The molecule has 5 nitrogen and oxygen atoms in total. The predicted molar refractivity (Wildman–Crippen MR) is 106 cm³/mol. The molecular weight excluding hydrogens is 422 g/mol. The fraction of sp³-hybridized carbons (Fsp3) is 0.400. The first-order chi connectivity index (χ1) is 13.8. The maximum Gasteiger partial charge on any atom is 0.190 e. The highest BCUT2D eigenvalue weighted by Gasteiger charge is 2.59. The number of nitrogens with one attached hydrogen (secondary N) is 1. The number of sulfone groups is 1. The lowest BCUT2D eigenvalue weighted by atomic mass is 9.79. The minimum absolute atomic E-state index is 0.00230. The first-order valence-corrected chi connectivity index (χ1v) is 11.2. The van der Waals surface area contributed by atoms with E-state index in [1.807, 2.05) is 0 Å². The third kappa shape index (κ3) is 3.13. The van der Waals surface area contributed by atoms with Gasteiger partial charge in [-0.3, -0.25) is 0 Å². The molecule has 3 atom stereocenters. The molecular formula is C20H21ClF2N2O3S. The van der Waals surface area contributed by atoms with Gasteiger partial charge in [0.05, 0.1) is 16.5 Å². The molecule has 0 spiro atoms. The highest BCUT2D eigenvalue weighted by Crippen LogP contribution is 2.52. The quantitative estimate of drug-likeness (QED) is 0.760. The number of hydrogen-bond donors (Lipinski definition) is 2. The molecule has 4 rings (SSSR count). The molecule has 1 unspecified atom stereocenters. The molecule has 3 N–H and O–H groups in total. The third-order valence-corrected chi connectivity index (χ3v) is 8.66. The van der Waals surface area contributed by atoms with Gasteiger partial charge in [0, 0.05) is 11.1 Å². The molecule has 2 aromatic rings. The molecule has 0 aliphatic carbocycles. The van der Waals surface area contributed by atoms with Crippen molar-refractivity contribution in [1.82, 2.24) is 5.32 Å². The molecule has 1 fully saturated rings. The number of halogens is 3. The van der Waals surface area contributed by atoms with Gasteiger partial charge in [0.2, 0.25) is 0 Å². The van der Waals surface area contributed by atoms with E-state index in [0.29, 0.717) is 24.4 Å². The Morgan fingerprint density at radius 2 is 1.86 bits per heavy atom. The van der Waals surface area contributed by atoms with Gasteiger partial charge in [-0.2, -0.15) is 0 Å². The lowest BCUT2D eigenvalue weighted by molar-refractivity contribution is 0.134. The summed E-state index contributed by atoms with van der Waals surface area (Å²) in [6, 6.07) is 6.84. The van der Waals surface area contributed by atoms with E-state index in [0.717, 1.165) is 12.1 Å². The highest BCUT2D eigenvalue weighted by atomic mass is 35.5. The number of ether oxygens (including phenoxy) is 1. The van der Waals surface area contributed by atoms with Crippen LogP contribution < -0.4 is 15.8 Å². The molecule has 156 valence electrons. The van der Waals surface area contributed by atoms with Crippen LogP contribution in [-0.2, 0) is 14.6 Å². The van der Waals surface area contributed by atoms with Gasteiger partial charge in [-0.05, 0) is 62.2 Å². The van der Waals surface area contributed by atoms with E-state index in [9.17, 15) is 12.8 Å². The van der Waals surface area contributed by atoms with Crippen LogP contribution in [-0.4, -0.2) is 33.7 Å². The van der Waals surface area contributed by atoms with Crippen molar-refractivity contribution >= 4 is 21.4 Å². The zero-order valence-electron chi connectivity index (χ0n) is 15.5. The molecule has 0 saturated carbocycles. The minimum Gasteiger partial charge on any atom is -0.488 e. The van der Waals surface area contributed by atoms with Crippen LogP contribution in [0.5, 0.6) is 5.75 Å². The number of nitrogens with two attached hydrogens (primary N) is 1. The maximum atomic E-state index is 15.0. The first kappa shape index (κ1) is 20.5. The zero-order chi connectivity index (χ0) is 20.8. The summed E-state index contributed by atoms with van der Waals surface area (Å²) in [5.41, 5.74) is 5.41. The molecule has 9 heteroatoms. The Bertz CT molecular complexity index is 1030. The Morgan fingerprint density at radius 3 is 2.55 bits per heavy atom. The normalized spacial score (nSPS) is 26.3. The zero-order valence-corrected chi connectivity index (χ0v) is 17.1. The van der Waals surface area contributed by atoms with E-state index in [2.05, 4.69) is 5.32 Å². The van der Waals surface area contributed by atoms with E-state index < -0.39 is 32.3 Å². The number of hydrogen-bond acceptors (Lipinski definition) is 5. The van der Waals surface area contributed by atoms with Crippen molar-refractivity contribution in [2.24, 2.45) is 5.73 Å². The molecule has 0 bridgehead atoms. The maximum absolute atomic E-state index is 15.0.